The third kappa shape index (κ3) is 8.40. The van der Waals surface area contributed by atoms with Crippen LogP contribution >= 0.6 is 0 Å². The Hall–Kier alpha value is -6.63. The van der Waals surface area contributed by atoms with E-state index in [4.69, 9.17) is 14.1 Å². The van der Waals surface area contributed by atoms with Crippen LogP contribution in [-0.4, -0.2) is 43.6 Å². The van der Waals surface area contributed by atoms with Crippen LogP contribution in [0.3, 0.4) is 0 Å². The number of hydrogen-bond donors (Lipinski definition) is 2. The Balaban J connectivity index is 1.10. The van der Waals surface area contributed by atoms with Gasteiger partial charge in [-0.1, -0.05) is 72.8 Å². The van der Waals surface area contributed by atoms with E-state index in [1.54, 1.807) is 41.0 Å². The predicted molar refractivity (Wildman–Crippen MR) is 178 cm³/mol. The molecular formula is C36H30N6O7. The minimum atomic E-state index is -0.621. The number of para-hydroxylation sites is 2. The van der Waals surface area contributed by atoms with Gasteiger partial charge in [0.15, 0.2) is 17.3 Å². The van der Waals surface area contributed by atoms with Gasteiger partial charge in [0.2, 0.25) is 11.7 Å². The third-order valence-corrected chi connectivity index (χ3v) is 7.38. The largest absolute Gasteiger partial charge is 0.461 e. The maximum atomic E-state index is 13.5. The summed E-state index contributed by atoms with van der Waals surface area (Å²) in [6.45, 7) is 0.106. The molecule has 6 aromatic rings. The van der Waals surface area contributed by atoms with Gasteiger partial charge in [-0.25, -0.2) is 14.4 Å². The van der Waals surface area contributed by atoms with Crippen molar-refractivity contribution in [2.24, 2.45) is 0 Å². The first-order valence-electron chi connectivity index (χ1n) is 15.3. The van der Waals surface area contributed by atoms with Crippen molar-refractivity contribution in [2.45, 2.75) is 32.6 Å². The first-order chi connectivity index (χ1) is 23.9. The Bertz CT molecular complexity index is 2080. The lowest BCUT2D eigenvalue weighted by atomic mass is 10.1. The lowest BCUT2D eigenvalue weighted by molar-refractivity contribution is -0.145. The second kappa shape index (κ2) is 15.3. The molecule has 2 N–H and O–H groups in total. The maximum absolute atomic E-state index is 13.5. The molecule has 13 heteroatoms. The average molecular weight is 659 g/mol. The second-order valence-corrected chi connectivity index (χ2v) is 10.9. The zero-order chi connectivity index (χ0) is 34.0. The highest BCUT2D eigenvalue weighted by Gasteiger charge is 2.24. The monoisotopic (exact) mass is 658 g/mol. The predicted octanol–water partition coefficient (Wildman–Crippen LogP) is 6.18. The summed E-state index contributed by atoms with van der Waals surface area (Å²) in [5, 5.41) is 13.1. The smallest absolute Gasteiger partial charge is 0.411 e. The molecule has 2 heterocycles. The van der Waals surface area contributed by atoms with Gasteiger partial charge in [0.05, 0.1) is 24.0 Å². The van der Waals surface area contributed by atoms with Gasteiger partial charge in [-0.15, -0.1) is 0 Å². The summed E-state index contributed by atoms with van der Waals surface area (Å²) < 4.78 is 17.1. The SMILES string of the molecule is O=C(CCC(=O)OCc1ccccc1)Nc1nonc1-c1nc2ccccc2n1CC(=O)c1ccc(NC(=O)OCc2ccccc2)cc1. The quantitative estimate of drug-likeness (QED) is 0.108. The fourth-order valence-corrected chi connectivity index (χ4v) is 4.91. The van der Waals surface area contributed by atoms with Crippen LogP contribution in [0.4, 0.5) is 16.3 Å². The molecule has 2 amide bonds. The van der Waals surface area contributed by atoms with E-state index in [0.717, 1.165) is 11.1 Å². The fourth-order valence-electron chi connectivity index (χ4n) is 4.91. The van der Waals surface area contributed by atoms with Gasteiger partial charge < -0.3 is 19.4 Å². The number of imidazole rings is 1. The first-order valence-corrected chi connectivity index (χ1v) is 15.3. The molecule has 0 fully saturated rings. The van der Waals surface area contributed by atoms with E-state index < -0.39 is 18.0 Å². The van der Waals surface area contributed by atoms with E-state index in [0.29, 0.717) is 22.3 Å². The van der Waals surface area contributed by atoms with Gasteiger partial charge in [-0.2, -0.15) is 0 Å². The van der Waals surface area contributed by atoms with Gasteiger partial charge in [0.1, 0.15) is 13.2 Å². The van der Waals surface area contributed by atoms with E-state index in [2.05, 4.69) is 25.9 Å². The molecule has 13 nitrogen and oxygen atoms in total. The summed E-state index contributed by atoms with van der Waals surface area (Å²) in [5.74, 6) is -1.05. The number of ether oxygens (including phenoxy) is 2. The molecule has 0 aliphatic rings. The number of rotatable bonds is 13. The highest BCUT2D eigenvalue weighted by Crippen LogP contribution is 2.29. The minimum absolute atomic E-state index is 0.0127. The molecule has 0 spiro atoms. The zero-order valence-corrected chi connectivity index (χ0v) is 26.1. The number of fused-ring (bicyclic) bond motifs is 1. The zero-order valence-electron chi connectivity index (χ0n) is 26.1. The van der Waals surface area contributed by atoms with Crippen LogP contribution in [-0.2, 0) is 38.8 Å². The Labute approximate surface area is 279 Å². The van der Waals surface area contributed by atoms with Gasteiger partial charge in [-0.05, 0) is 57.8 Å². The summed E-state index contributed by atoms with van der Waals surface area (Å²) in [6, 6.07) is 32.2. The lowest BCUT2D eigenvalue weighted by Crippen LogP contribution is -2.16. The van der Waals surface area contributed by atoms with Crippen LogP contribution in [0.25, 0.3) is 22.6 Å². The summed E-state index contributed by atoms with van der Waals surface area (Å²) in [6.07, 6.45) is -0.926. The molecule has 0 saturated heterocycles. The van der Waals surface area contributed by atoms with E-state index in [1.807, 2.05) is 72.8 Å². The highest BCUT2D eigenvalue weighted by molar-refractivity contribution is 5.99. The number of aromatic nitrogens is 4. The van der Waals surface area contributed by atoms with Gasteiger partial charge in [0, 0.05) is 17.7 Å². The van der Waals surface area contributed by atoms with Crippen LogP contribution in [0.15, 0.2) is 114 Å². The summed E-state index contributed by atoms with van der Waals surface area (Å²) >= 11 is 0. The lowest BCUT2D eigenvalue weighted by Gasteiger charge is -2.10. The van der Waals surface area contributed by atoms with Crippen molar-refractivity contribution < 1.29 is 33.3 Å². The van der Waals surface area contributed by atoms with E-state index in [1.165, 1.54) is 0 Å². The molecule has 2 aromatic heterocycles. The fraction of sp³-hybridized carbons (Fsp3) is 0.139. The van der Waals surface area contributed by atoms with Crippen molar-refractivity contribution in [1.29, 1.82) is 0 Å². The Morgan fingerprint density at radius 3 is 2.06 bits per heavy atom. The van der Waals surface area contributed by atoms with Gasteiger partial charge in [-0.3, -0.25) is 19.7 Å². The van der Waals surface area contributed by atoms with E-state index in [9.17, 15) is 19.2 Å². The summed E-state index contributed by atoms with van der Waals surface area (Å²) in [4.78, 5) is 55.3. The van der Waals surface area contributed by atoms with Crippen molar-refractivity contribution in [3.05, 3.63) is 126 Å². The maximum Gasteiger partial charge on any atom is 0.411 e. The molecule has 6 rings (SSSR count). The minimum Gasteiger partial charge on any atom is -0.461 e. The summed E-state index contributed by atoms with van der Waals surface area (Å²) in [5.41, 5.74) is 3.88. The molecule has 0 radical (unpaired) electrons. The number of ketones is 1. The van der Waals surface area contributed by atoms with Crippen molar-refractivity contribution in [1.82, 2.24) is 19.9 Å². The average Bonchev–Trinajstić information content (AvgIpc) is 3.74. The second-order valence-electron chi connectivity index (χ2n) is 10.9. The number of hydrogen-bond acceptors (Lipinski definition) is 10. The Morgan fingerprint density at radius 1 is 0.694 bits per heavy atom. The number of Topliss-reactive ketones (excluding diaryl/α,β-unsaturated/α-hetero) is 1. The first kappa shape index (κ1) is 32.3. The number of benzene rings is 4. The van der Waals surface area contributed by atoms with Crippen molar-refractivity contribution in [3.8, 4) is 11.5 Å². The number of amides is 2. The van der Waals surface area contributed by atoms with Gasteiger partial charge in [0.25, 0.3) is 0 Å². The third-order valence-electron chi connectivity index (χ3n) is 7.38. The summed E-state index contributed by atoms with van der Waals surface area (Å²) in [7, 11) is 0. The normalized spacial score (nSPS) is 10.8. The number of nitrogens with zero attached hydrogens (tertiary/aromatic N) is 4. The van der Waals surface area contributed by atoms with Crippen LogP contribution in [0.5, 0.6) is 0 Å². The van der Waals surface area contributed by atoms with Crippen molar-refractivity contribution in [2.75, 3.05) is 10.6 Å². The number of nitrogens with one attached hydrogen (secondary N) is 2. The standard InChI is InChI=1S/C36H30N6O7/c43-30(26-15-17-27(18-16-26)37-36(46)48-23-25-11-5-2-6-12-25)21-42-29-14-8-7-13-28(29)38-35(42)33-34(41-49-40-33)39-31(44)19-20-32(45)47-22-24-9-3-1-4-10-24/h1-18H,19-23H2,(H,37,46)(H,39,41,44). The van der Waals surface area contributed by atoms with E-state index >= 15 is 0 Å². The Morgan fingerprint density at radius 2 is 1.35 bits per heavy atom. The molecule has 49 heavy (non-hydrogen) atoms. The molecule has 0 bridgehead atoms. The van der Waals surface area contributed by atoms with Crippen LogP contribution < -0.4 is 10.6 Å². The van der Waals surface area contributed by atoms with Crippen LogP contribution in [0.1, 0.15) is 34.3 Å². The number of esters is 1. The highest BCUT2D eigenvalue weighted by atomic mass is 16.6. The molecule has 0 aliphatic heterocycles. The molecule has 0 saturated carbocycles. The molecule has 0 atom stereocenters. The van der Waals surface area contributed by atoms with Crippen molar-refractivity contribution >= 4 is 46.3 Å². The number of anilines is 2. The van der Waals surface area contributed by atoms with Crippen LogP contribution in [0.2, 0.25) is 0 Å². The topological polar surface area (TPSA) is 168 Å². The molecule has 246 valence electrons. The molecule has 0 aliphatic carbocycles. The van der Waals surface area contributed by atoms with E-state index in [-0.39, 0.29) is 55.7 Å². The molecular weight excluding hydrogens is 628 g/mol. The number of carbonyl (C=O) groups excluding carboxylic acids is 4. The van der Waals surface area contributed by atoms with Crippen LogP contribution in [0, 0.1) is 0 Å². The molecule has 0 unspecified atom stereocenters. The Kier molecular flexibility index (Phi) is 10.1. The van der Waals surface area contributed by atoms with Crippen molar-refractivity contribution in [3.63, 3.8) is 0 Å². The number of carbonyl (C=O) groups is 4. The van der Waals surface area contributed by atoms with Gasteiger partial charge >= 0.3 is 12.1 Å². The molecule has 4 aromatic carbocycles.